The number of halogens is 1. The number of aliphatic hydroxyl groups is 2. The first-order valence-electron chi connectivity index (χ1n) is 22.2. The third-order valence-corrected chi connectivity index (χ3v) is 13.3. The van der Waals surface area contributed by atoms with Crippen molar-refractivity contribution in [1.29, 1.82) is 0 Å². The number of nitrogens with one attached hydrogen (secondary N) is 1. The van der Waals surface area contributed by atoms with E-state index in [2.05, 4.69) is 5.32 Å². The summed E-state index contributed by atoms with van der Waals surface area (Å²) in [4.78, 5) is 87.7. The molecule has 4 aliphatic heterocycles. The van der Waals surface area contributed by atoms with E-state index in [1.165, 1.54) is 59.1 Å². The van der Waals surface area contributed by atoms with Gasteiger partial charge in [-0.25, -0.2) is 4.79 Å². The number of ether oxygens (including phenoxy) is 6. The minimum absolute atomic E-state index is 0.0138. The molecular weight excluding hydrogens is 888 g/mol. The van der Waals surface area contributed by atoms with Gasteiger partial charge in [-0.1, -0.05) is 69.7 Å². The number of methoxy groups -OCH3 is 1. The molecule has 7 rings (SSSR count). The van der Waals surface area contributed by atoms with Crippen LogP contribution >= 0.6 is 11.6 Å². The average Bonchev–Trinajstić information content (AvgIpc) is 3.54. The summed E-state index contributed by atoms with van der Waals surface area (Å²) in [6.45, 7) is 16.2. The molecule has 1 fully saturated rings. The Balaban J connectivity index is 1.58. The molecule has 1 amide bonds. The van der Waals surface area contributed by atoms with Crippen LogP contribution in [-0.4, -0.2) is 113 Å². The molecule has 1 aliphatic carbocycles. The predicted molar refractivity (Wildman–Crippen MR) is 245 cm³/mol. The molecule has 5 aliphatic rings. The van der Waals surface area contributed by atoms with E-state index < -0.39 is 124 Å². The second kappa shape index (κ2) is 20.3. The van der Waals surface area contributed by atoms with Crippen LogP contribution in [-0.2, 0) is 28.5 Å². The molecule has 0 saturated carbocycles. The Labute approximate surface area is 394 Å². The number of esters is 2. The lowest BCUT2D eigenvalue weighted by Gasteiger charge is -2.39. The molecule has 11 atom stereocenters. The highest BCUT2D eigenvalue weighted by Gasteiger charge is 2.54. The molecule has 2 aromatic rings. The molecule has 2 unspecified atom stereocenters. The third kappa shape index (κ3) is 10.00. The topological polar surface area (TPSA) is 214 Å². The quantitative estimate of drug-likeness (QED) is 0.224. The summed E-state index contributed by atoms with van der Waals surface area (Å²) in [5.74, 6) is -10.5. The van der Waals surface area contributed by atoms with Gasteiger partial charge < -0.3 is 48.9 Å². The van der Waals surface area contributed by atoms with E-state index in [1.807, 2.05) is 0 Å². The Bertz CT molecular complexity index is 2470. The number of carbonyl (C=O) groups excluding carboxylic acids is 6. The number of amides is 1. The van der Waals surface area contributed by atoms with E-state index >= 15 is 9.59 Å². The number of morpholine rings is 1. The predicted octanol–water partition coefficient (Wildman–Crippen LogP) is 6.23. The van der Waals surface area contributed by atoms with Gasteiger partial charge in [0, 0.05) is 68.9 Å². The number of fused-ring (bicyclic) bond motifs is 14. The second-order valence-electron chi connectivity index (χ2n) is 18.0. The zero-order chi connectivity index (χ0) is 49.4. The van der Waals surface area contributed by atoms with Gasteiger partial charge >= 0.3 is 17.7 Å². The largest absolute Gasteiger partial charge is 0.462 e. The number of rotatable bonds is 5. The Morgan fingerprint density at radius 1 is 0.881 bits per heavy atom. The van der Waals surface area contributed by atoms with Crippen molar-refractivity contribution < 1.29 is 67.4 Å². The first-order chi connectivity index (χ1) is 31.5. The monoisotopic (exact) mass is 946 g/mol. The summed E-state index contributed by atoms with van der Waals surface area (Å²) in [6.07, 6.45) is 2.36. The minimum atomic E-state index is -2.18. The Morgan fingerprint density at radius 3 is 2.16 bits per heavy atom. The van der Waals surface area contributed by atoms with Gasteiger partial charge in [0.25, 0.3) is 11.7 Å². The molecule has 5 bridgehead atoms. The summed E-state index contributed by atoms with van der Waals surface area (Å²) in [5.41, 5.74) is -1.84. The van der Waals surface area contributed by atoms with Gasteiger partial charge in [0.2, 0.25) is 11.6 Å². The lowest BCUT2D eigenvalue weighted by molar-refractivity contribution is -0.160. The van der Waals surface area contributed by atoms with Crippen molar-refractivity contribution in [3.8, 4) is 11.5 Å². The van der Waals surface area contributed by atoms with Crippen LogP contribution in [0.3, 0.4) is 0 Å². The Morgan fingerprint density at radius 2 is 1.54 bits per heavy atom. The summed E-state index contributed by atoms with van der Waals surface area (Å²) in [5, 5.41) is 25.8. The molecule has 360 valence electrons. The molecule has 2 aromatic carbocycles. The zero-order valence-electron chi connectivity index (χ0n) is 39.5. The average molecular weight is 947 g/mol. The number of carbonyl (C=O) groups is 6. The molecule has 4 heterocycles. The number of aliphatic hydroxyl groups excluding tert-OH is 2. The molecule has 0 radical (unpaired) electrons. The summed E-state index contributed by atoms with van der Waals surface area (Å²) < 4.78 is 35.9. The first-order valence-corrected chi connectivity index (χ1v) is 22.6. The lowest BCUT2D eigenvalue weighted by Crippen LogP contribution is -2.49. The number of hydrogen-bond donors (Lipinski definition) is 3. The van der Waals surface area contributed by atoms with Crippen LogP contribution in [0.2, 0.25) is 5.02 Å². The van der Waals surface area contributed by atoms with Crippen LogP contribution in [0.15, 0.2) is 71.8 Å². The highest BCUT2D eigenvalue weighted by atomic mass is 35.5. The van der Waals surface area contributed by atoms with E-state index in [9.17, 15) is 29.4 Å². The van der Waals surface area contributed by atoms with Crippen LogP contribution in [0.1, 0.15) is 109 Å². The minimum Gasteiger partial charge on any atom is -0.462 e. The maximum Gasteiger partial charge on any atom is 0.345 e. The van der Waals surface area contributed by atoms with E-state index in [4.69, 9.17) is 40.0 Å². The van der Waals surface area contributed by atoms with Crippen LogP contribution in [0.25, 0.3) is 0 Å². The van der Waals surface area contributed by atoms with Crippen LogP contribution in [0, 0.1) is 30.6 Å². The lowest BCUT2D eigenvalue weighted by atomic mass is 9.78. The Hall–Kier alpha value is -5.65. The van der Waals surface area contributed by atoms with Crippen LogP contribution in [0.5, 0.6) is 11.5 Å². The number of nitrogens with zero attached hydrogens (tertiary/aromatic N) is 1. The summed E-state index contributed by atoms with van der Waals surface area (Å²) in [7, 11) is 1.42. The van der Waals surface area contributed by atoms with Crippen molar-refractivity contribution >= 4 is 46.8 Å². The third-order valence-electron chi connectivity index (χ3n) is 12.9. The molecule has 3 N–H and O–H groups in total. The van der Waals surface area contributed by atoms with Gasteiger partial charge in [0.1, 0.15) is 29.0 Å². The molecule has 0 aromatic heterocycles. The van der Waals surface area contributed by atoms with Crippen molar-refractivity contribution in [3.63, 3.8) is 0 Å². The number of Topliss-reactive ketones (excluding diaryl/α,β-unsaturated/α-hetero) is 3. The summed E-state index contributed by atoms with van der Waals surface area (Å²) >= 11 is 6.40. The summed E-state index contributed by atoms with van der Waals surface area (Å²) in [6, 6.07) is 6.06. The van der Waals surface area contributed by atoms with E-state index in [0.717, 1.165) is 6.26 Å². The fourth-order valence-corrected chi connectivity index (χ4v) is 9.44. The van der Waals surface area contributed by atoms with Gasteiger partial charge in [-0.2, -0.15) is 0 Å². The van der Waals surface area contributed by atoms with Crippen LogP contribution < -0.4 is 14.8 Å². The highest BCUT2D eigenvalue weighted by Crippen LogP contribution is 2.50. The SMILES string of the molecule is CO[C@H]1/C=C/O[C@@]2(C)Oc3c(C)c(OC(=O)c4ccccc4Cl)c4c(c3C2=O)C(=O)C(N2CC(C)OC(C)C2)=C(NC(=O)/C(C)=C\C=C\[C@H](C)[C@H](O)[C@@H](C)[C@H](O)[C@H](C)[C@H](OC(C)=O)[C@@H]1C)C4=O. The molecule has 17 heteroatoms. The van der Waals surface area contributed by atoms with E-state index in [1.54, 1.807) is 70.7 Å². The number of ketones is 3. The van der Waals surface area contributed by atoms with Gasteiger partial charge in [0.15, 0.2) is 0 Å². The van der Waals surface area contributed by atoms with Crippen molar-refractivity contribution in [3.05, 3.63) is 105 Å². The highest BCUT2D eigenvalue weighted by molar-refractivity contribution is 6.34. The van der Waals surface area contributed by atoms with Crippen molar-refractivity contribution in [2.75, 3.05) is 20.2 Å². The van der Waals surface area contributed by atoms with E-state index in [0.29, 0.717) is 0 Å². The second-order valence-corrected chi connectivity index (χ2v) is 18.4. The standard InChI is InChI=1S/C50H59ClN2O14/c1-23-15-14-16-24(2)48(60)52-38-39(53-21-25(3)64-26(4)22-53)43(58)35-36(42(38)57)45(66-49(61)32-17-12-13-18-33(32)51)30(8)46-37(35)47(59)50(10,67-46)63-20-19-34(62-11)27(5)44(65-31(9)54)29(7)41(56)28(6)40(23)55/h12-20,23,25-29,34,40-41,44,55-56H,21-22H2,1-11H3,(H,52,60)/b15-14+,20-19+,24-16-/t23-,25?,26?,27+,28+,29-,34-,40-,41-,44+,50-/m0/s1. The molecular formula is C50H59ClN2O14. The molecule has 16 nitrogen and oxygen atoms in total. The molecule has 1 saturated heterocycles. The number of benzene rings is 2. The maximum absolute atomic E-state index is 15.4. The molecule has 67 heavy (non-hydrogen) atoms. The van der Waals surface area contributed by atoms with Gasteiger partial charge in [0.05, 0.1) is 64.1 Å². The zero-order valence-corrected chi connectivity index (χ0v) is 40.3. The maximum atomic E-state index is 15.4. The molecule has 0 spiro atoms. The van der Waals surface area contributed by atoms with Crippen molar-refractivity contribution in [2.24, 2.45) is 23.7 Å². The van der Waals surface area contributed by atoms with Crippen molar-refractivity contribution in [1.82, 2.24) is 10.2 Å². The van der Waals surface area contributed by atoms with E-state index in [-0.39, 0.29) is 51.8 Å². The van der Waals surface area contributed by atoms with Gasteiger partial charge in [-0.15, -0.1) is 0 Å². The van der Waals surface area contributed by atoms with Gasteiger partial charge in [-0.05, 0) is 45.9 Å². The fourth-order valence-electron chi connectivity index (χ4n) is 9.23. The number of allylic oxidation sites excluding steroid dienone is 4. The first kappa shape index (κ1) is 50.8. The smallest absolute Gasteiger partial charge is 0.345 e. The van der Waals surface area contributed by atoms with Crippen molar-refractivity contribution in [2.45, 2.75) is 112 Å². The van der Waals surface area contributed by atoms with Crippen LogP contribution in [0.4, 0.5) is 0 Å². The fraction of sp³-hybridized carbons (Fsp3) is 0.480. The Kier molecular flexibility index (Phi) is 15.4. The van der Waals surface area contributed by atoms with Gasteiger partial charge in [-0.3, -0.25) is 24.0 Å². The normalized spacial score (nSPS) is 32.4. The number of hydrogen-bond acceptors (Lipinski definition) is 15.